The molecule has 0 radical (unpaired) electrons. The van der Waals surface area contributed by atoms with Crippen LogP contribution in [0.1, 0.15) is 12.0 Å². The van der Waals surface area contributed by atoms with Gasteiger partial charge in [0.05, 0.1) is 0 Å². The molecule has 82 valence electrons. The number of aryl methyl sites for hydroxylation is 1. The van der Waals surface area contributed by atoms with Gasteiger partial charge in [-0.25, -0.2) is 9.97 Å². The van der Waals surface area contributed by atoms with Gasteiger partial charge >= 0.3 is 0 Å². The van der Waals surface area contributed by atoms with Gasteiger partial charge in [0.15, 0.2) is 0 Å². The first kappa shape index (κ1) is 12.0. The van der Waals surface area contributed by atoms with Gasteiger partial charge in [-0.1, -0.05) is 6.58 Å². The van der Waals surface area contributed by atoms with Gasteiger partial charge in [-0.3, -0.25) is 0 Å². The van der Waals surface area contributed by atoms with Crippen molar-refractivity contribution < 1.29 is 0 Å². The van der Waals surface area contributed by atoms with Crippen LogP contribution in [0.25, 0.3) is 0 Å². The van der Waals surface area contributed by atoms with Crippen molar-refractivity contribution in [2.24, 2.45) is 0 Å². The maximum Gasteiger partial charge on any atom is 0.138 e. The van der Waals surface area contributed by atoms with Crippen LogP contribution in [-0.2, 0) is 0 Å². The van der Waals surface area contributed by atoms with Crippen LogP contribution in [0, 0.1) is 6.92 Å². The molecular formula is C11H17N3S. The Labute approximate surface area is 95.6 Å². The molecule has 3 nitrogen and oxygen atoms in total. The quantitative estimate of drug-likeness (QED) is 0.693. The summed E-state index contributed by atoms with van der Waals surface area (Å²) in [5.74, 6) is 2.12. The second kappa shape index (κ2) is 6.45. The molecule has 0 spiro atoms. The fourth-order valence-corrected chi connectivity index (χ4v) is 1.77. The zero-order valence-electron chi connectivity index (χ0n) is 9.31. The fourth-order valence-electron chi connectivity index (χ4n) is 1.36. The molecule has 1 aromatic rings. The standard InChI is InChI=1S/C11H17N3S/c1-4-14(6-5-7-15-3)11-10(2)8-12-9-13-11/h4,8-9H,1,5-7H2,2-3H3. The molecule has 0 saturated carbocycles. The van der Waals surface area contributed by atoms with E-state index in [9.17, 15) is 0 Å². The highest BCUT2D eigenvalue weighted by Gasteiger charge is 2.06. The van der Waals surface area contributed by atoms with Gasteiger partial charge in [0.25, 0.3) is 0 Å². The van der Waals surface area contributed by atoms with Crippen molar-refractivity contribution in [1.82, 2.24) is 9.97 Å². The number of hydrogen-bond acceptors (Lipinski definition) is 4. The molecule has 0 amide bonds. The third-order valence-electron chi connectivity index (χ3n) is 2.11. The maximum absolute atomic E-state index is 4.26. The zero-order valence-corrected chi connectivity index (χ0v) is 10.1. The van der Waals surface area contributed by atoms with Crippen molar-refractivity contribution in [3.05, 3.63) is 30.9 Å². The number of hydrogen-bond donors (Lipinski definition) is 0. The van der Waals surface area contributed by atoms with Crippen molar-refractivity contribution in [3.63, 3.8) is 0 Å². The third kappa shape index (κ3) is 3.55. The van der Waals surface area contributed by atoms with Crippen LogP contribution in [0.5, 0.6) is 0 Å². The minimum atomic E-state index is 0.959. The van der Waals surface area contributed by atoms with Gasteiger partial charge in [0.2, 0.25) is 0 Å². The summed E-state index contributed by atoms with van der Waals surface area (Å²) in [4.78, 5) is 10.3. The number of thioether (sulfide) groups is 1. The van der Waals surface area contributed by atoms with E-state index in [1.807, 2.05) is 31.1 Å². The van der Waals surface area contributed by atoms with Gasteiger partial charge in [0, 0.05) is 18.3 Å². The summed E-state index contributed by atoms with van der Waals surface area (Å²) >= 11 is 1.86. The third-order valence-corrected chi connectivity index (χ3v) is 2.80. The van der Waals surface area contributed by atoms with E-state index in [1.54, 1.807) is 6.33 Å². The van der Waals surface area contributed by atoms with Gasteiger partial charge in [-0.05, 0) is 31.6 Å². The Balaban J connectivity index is 2.66. The van der Waals surface area contributed by atoms with Crippen LogP contribution in [0.15, 0.2) is 25.3 Å². The highest BCUT2D eigenvalue weighted by Crippen LogP contribution is 2.15. The number of rotatable bonds is 6. The topological polar surface area (TPSA) is 29.0 Å². The molecule has 1 rings (SSSR count). The molecule has 0 aliphatic rings. The molecular weight excluding hydrogens is 206 g/mol. The Hall–Kier alpha value is -1.03. The van der Waals surface area contributed by atoms with Crippen LogP contribution in [-0.4, -0.2) is 28.5 Å². The average molecular weight is 223 g/mol. The normalized spacial score (nSPS) is 10.0. The molecule has 4 heteroatoms. The van der Waals surface area contributed by atoms with E-state index >= 15 is 0 Å². The summed E-state index contributed by atoms with van der Waals surface area (Å²) in [5.41, 5.74) is 1.08. The lowest BCUT2D eigenvalue weighted by molar-refractivity contribution is 0.865. The lowest BCUT2D eigenvalue weighted by Gasteiger charge is -2.19. The van der Waals surface area contributed by atoms with E-state index in [2.05, 4.69) is 27.7 Å². The highest BCUT2D eigenvalue weighted by molar-refractivity contribution is 7.98. The molecule has 0 aromatic carbocycles. The Bertz CT molecular complexity index is 314. The Kier molecular flexibility index (Phi) is 5.18. The summed E-state index contributed by atoms with van der Waals surface area (Å²) in [6.07, 6.45) is 8.49. The van der Waals surface area contributed by atoms with Gasteiger partial charge in [-0.15, -0.1) is 0 Å². The second-order valence-corrected chi connectivity index (χ2v) is 4.24. The molecule has 0 unspecified atom stereocenters. The summed E-state index contributed by atoms with van der Waals surface area (Å²) in [5, 5.41) is 0. The molecule has 0 aliphatic carbocycles. The smallest absolute Gasteiger partial charge is 0.138 e. The Morgan fingerprint density at radius 2 is 2.40 bits per heavy atom. The fraction of sp³-hybridized carbons (Fsp3) is 0.455. The van der Waals surface area contributed by atoms with Crippen LogP contribution >= 0.6 is 11.8 Å². The van der Waals surface area contributed by atoms with Crippen molar-refractivity contribution in [2.75, 3.05) is 23.5 Å². The van der Waals surface area contributed by atoms with E-state index in [-0.39, 0.29) is 0 Å². The largest absolute Gasteiger partial charge is 0.333 e. The van der Waals surface area contributed by atoms with E-state index in [4.69, 9.17) is 0 Å². The molecule has 0 aliphatic heterocycles. The first-order valence-electron chi connectivity index (χ1n) is 4.94. The van der Waals surface area contributed by atoms with Gasteiger partial charge < -0.3 is 4.90 Å². The van der Waals surface area contributed by atoms with E-state index in [0.29, 0.717) is 0 Å². The first-order valence-corrected chi connectivity index (χ1v) is 6.33. The number of nitrogens with zero attached hydrogens (tertiary/aromatic N) is 3. The predicted molar refractivity (Wildman–Crippen MR) is 67.3 cm³/mol. The lowest BCUT2D eigenvalue weighted by Crippen LogP contribution is -2.19. The van der Waals surface area contributed by atoms with Crippen LogP contribution < -0.4 is 4.90 Å². The van der Waals surface area contributed by atoms with Crippen LogP contribution in [0.2, 0.25) is 0 Å². The van der Waals surface area contributed by atoms with Crippen LogP contribution in [0.4, 0.5) is 5.82 Å². The minimum absolute atomic E-state index is 0.959. The second-order valence-electron chi connectivity index (χ2n) is 3.25. The van der Waals surface area contributed by atoms with Crippen molar-refractivity contribution >= 4 is 17.6 Å². The molecule has 1 heterocycles. The lowest BCUT2D eigenvalue weighted by atomic mass is 10.3. The molecule has 0 N–H and O–H groups in total. The molecule has 0 fully saturated rings. The highest BCUT2D eigenvalue weighted by atomic mass is 32.2. The summed E-state index contributed by atoms with van der Waals surface area (Å²) in [6, 6.07) is 0. The SMILES string of the molecule is C=CN(CCCSC)c1ncncc1C. The van der Waals surface area contributed by atoms with Gasteiger partial charge in [0.1, 0.15) is 12.1 Å². The molecule has 1 aromatic heterocycles. The van der Waals surface area contributed by atoms with E-state index in [0.717, 1.165) is 30.1 Å². The van der Waals surface area contributed by atoms with E-state index < -0.39 is 0 Å². The van der Waals surface area contributed by atoms with E-state index in [1.165, 1.54) is 0 Å². The predicted octanol–water partition coefficient (Wildman–Crippen LogP) is 2.49. The van der Waals surface area contributed by atoms with Crippen molar-refractivity contribution in [3.8, 4) is 0 Å². The summed E-state index contributed by atoms with van der Waals surface area (Å²) in [7, 11) is 0. The average Bonchev–Trinajstić information content (AvgIpc) is 2.26. The minimum Gasteiger partial charge on any atom is -0.333 e. The van der Waals surface area contributed by atoms with Crippen LogP contribution in [0.3, 0.4) is 0 Å². The molecule has 15 heavy (non-hydrogen) atoms. The molecule has 0 bridgehead atoms. The zero-order chi connectivity index (χ0) is 11.1. The van der Waals surface area contributed by atoms with Crippen molar-refractivity contribution in [2.45, 2.75) is 13.3 Å². The summed E-state index contributed by atoms with van der Waals surface area (Å²) < 4.78 is 0. The monoisotopic (exact) mass is 223 g/mol. The number of anilines is 1. The van der Waals surface area contributed by atoms with Gasteiger partial charge in [-0.2, -0.15) is 11.8 Å². The molecule has 0 saturated heterocycles. The Morgan fingerprint density at radius 1 is 1.60 bits per heavy atom. The Morgan fingerprint density at radius 3 is 3.00 bits per heavy atom. The summed E-state index contributed by atoms with van der Waals surface area (Å²) in [6.45, 7) is 6.79. The molecule has 0 atom stereocenters. The van der Waals surface area contributed by atoms with Crippen molar-refractivity contribution in [1.29, 1.82) is 0 Å². The number of aromatic nitrogens is 2. The maximum atomic E-state index is 4.26. The first-order chi connectivity index (χ1) is 7.29.